The quantitative estimate of drug-likeness (QED) is 0.916. The number of fused-ring (bicyclic) bond motifs is 1. The van der Waals surface area contributed by atoms with Crippen LogP contribution in [0.5, 0.6) is 0 Å². The van der Waals surface area contributed by atoms with Crippen molar-refractivity contribution in [3.63, 3.8) is 0 Å². The van der Waals surface area contributed by atoms with Crippen LogP contribution in [0.3, 0.4) is 0 Å². The number of carbonyl (C=O) groups is 1. The van der Waals surface area contributed by atoms with Gasteiger partial charge in [-0.2, -0.15) is 0 Å². The summed E-state index contributed by atoms with van der Waals surface area (Å²) in [5, 5.41) is 2.80. The SMILES string of the molecule is CO[C@@H]1C=C(NC(C)=O)[C@@H]2OC(c3ccccc3)OC[C@H]2O1. The standard InChI is InChI=1S/C16H19NO5/c1-10(18)17-12-8-14(19-2)21-13-9-20-16(22-15(12)13)11-6-4-3-5-7-11/h3-8,13-16H,9H2,1-2H3,(H,17,18)/t13-,14+,15+,16?/m1/s1. The molecule has 0 aromatic heterocycles. The molecule has 0 saturated carbocycles. The summed E-state index contributed by atoms with van der Waals surface area (Å²) in [7, 11) is 1.55. The van der Waals surface area contributed by atoms with Crippen LogP contribution in [0.4, 0.5) is 0 Å². The third kappa shape index (κ3) is 3.20. The average Bonchev–Trinajstić information content (AvgIpc) is 2.54. The summed E-state index contributed by atoms with van der Waals surface area (Å²) in [4.78, 5) is 11.4. The van der Waals surface area contributed by atoms with Crippen molar-refractivity contribution in [2.75, 3.05) is 13.7 Å². The molecule has 1 aromatic carbocycles. The van der Waals surface area contributed by atoms with Crippen molar-refractivity contribution < 1.29 is 23.7 Å². The van der Waals surface area contributed by atoms with Crippen molar-refractivity contribution in [3.8, 4) is 0 Å². The second-order valence-corrected chi connectivity index (χ2v) is 5.21. The van der Waals surface area contributed by atoms with Crippen LogP contribution in [-0.4, -0.2) is 38.1 Å². The normalized spacial score (nSPS) is 31.1. The Morgan fingerprint density at radius 1 is 1.27 bits per heavy atom. The van der Waals surface area contributed by atoms with Gasteiger partial charge >= 0.3 is 0 Å². The van der Waals surface area contributed by atoms with Gasteiger partial charge in [0.2, 0.25) is 5.91 Å². The van der Waals surface area contributed by atoms with Gasteiger partial charge in [0, 0.05) is 19.6 Å². The predicted molar refractivity (Wildman–Crippen MR) is 77.6 cm³/mol. The summed E-state index contributed by atoms with van der Waals surface area (Å²) in [6, 6.07) is 9.67. The molecule has 4 atom stereocenters. The van der Waals surface area contributed by atoms with E-state index in [9.17, 15) is 4.79 Å². The fraction of sp³-hybridized carbons (Fsp3) is 0.438. The van der Waals surface area contributed by atoms with Gasteiger partial charge in [-0.15, -0.1) is 0 Å². The van der Waals surface area contributed by atoms with E-state index in [0.29, 0.717) is 12.3 Å². The minimum Gasteiger partial charge on any atom is -0.352 e. The van der Waals surface area contributed by atoms with Gasteiger partial charge < -0.3 is 24.3 Å². The molecular weight excluding hydrogens is 286 g/mol. The molecule has 2 heterocycles. The molecule has 6 heteroatoms. The summed E-state index contributed by atoms with van der Waals surface area (Å²) in [6.07, 6.45) is -0.00690. The Hall–Kier alpha value is -1.73. The maximum absolute atomic E-state index is 11.4. The van der Waals surface area contributed by atoms with Gasteiger partial charge in [-0.25, -0.2) is 0 Å². The Morgan fingerprint density at radius 2 is 2.05 bits per heavy atom. The molecule has 0 aliphatic carbocycles. The van der Waals surface area contributed by atoms with Crippen LogP contribution in [-0.2, 0) is 23.7 Å². The zero-order chi connectivity index (χ0) is 15.5. The van der Waals surface area contributed by atoms with Crippen molar-refractivity contribution >= 4 is 5.91 Å². The van der Waals surface area contributed by atoms with E-state index in [4.69, 9.17) is 18.9 Å². The molecule has 0 spiro atoms. The summed E-state index contributed by atoms with van der Waals surface area (Å²) in [5.41, 5.74) is 1.58. The molecule has 0 bridgehead atoms. The first-order valence-electron chi connectivity index (χ1n) is 7.17. The first-order chi connectivity index (χ1) is 10.7. The molecule has 118 valence electrons. The van der Waals surface area contributed by atoms with E-state index in [-0.39, 0.29) is 12.0 Å². The first-order valence-corrected chi connectivity index (χ1v) is 7.17. The molecule has 1 amide bonds. The minimum atomic E-state index is -0.524. The summed E-state index contributed by atoms with van der Waals surface area (Å²) < 4.78 is 22.7. The fourth-order valence-electron chi connectivity index (χ4n) is 2.59. The van der Waals surface area contributed by atoms with Crippen molar-refractivity contribution in [1.29, 1.82) is 0 Å². The number of benzene rings is 1. The Bertz CT molecular complexity index is 559. The Labute approximate surface area is 129 Å². The number of rotatable bonds is 3. The lowest BCUT2D eigenvalue weighted by molar-refractivity contribution is -0.285. The molecule has 2 aliphatic rings. The van der Waals surface area contributed by atoms with Gasteiger partial charge in [-0.3, -0.25) is 4.79 Å². The van der Waals surface area contributed by atoms with Gasteiger partial charge in [0.25, 0.3) is 0 Å². The zero-order valence-corrected chi connectivity index (χ0v) is 12.5. The number of amides is 1. The van der Waals surface area contributed by atoms with Gasteiger partial charge in [0.15, 0.2) is 12.6 Å². The van der Waals surface area contributed by atoms with E-state index < -0.39 is 18.7 Å². The van der Waals surface area contributed by atoms with E-state index in [1.54, 1.807) is 13.2 Å². The van der Waals surface area contributed by atoms with E-state index in [1.807, 2.05) is 30.3 Å². The first kappa shape index (κ1) is 15.2. The lowest BCUT2D eigenvalue weighted by Crippen LogP contribution is -2.51. The van der Waals surface area contributed by atoms with Gasteiger partial charge in [-0.05, 0) is 6.08 Å². The number of nitrogens with one attached hydrogen (secondary N) is 1. The number of hydrogen-bond donors (Lipinski definition) is 1. The van der Waals surface area contributed by atoms with E-state index in [1.165, 1.54) is 6.92 Å². The largest absolute Gasteiger partial charge is 0.352 e. The van der Waals surface area contributed by atoms with Crippen LogP contribution >= 0.6 is 0 Å². The highest BCUT2D eigenvalue weighted by Crippen LogP contribution is 2.33. The molecule has 22 heavy (non-hydrogen) atoms. The molecule has 1 fully saturated rings. The van der Waals surface area contributed by atoms with Gasteiger partial charge in [0.05, 0.1) is 12.3 Å². The van der Waals surface area contributed by atoms with Gasteiger partial charge in [0.1, 0.15) is 12.2 Å². The average molecular weight is 305 g/mol. The lowest BCUT2D eigenvalue weighted by Gasteiger charge is -2.41. The topological polar surface area (TPSA) is 66.0 Å². The second kappa shape index (κ2) is 6.58. The molecular formula is C16H19NO5. The highest BCUT2D eigenvalue weighted by atomic mass is 16.7. The molecule has 3 rings (SSSR count). The van der Waals surface area contributed by atoms with Crippen molar-refractivity contribution in [2.45, 2.75) is 31.7 Å². The Kier molecular flexibility index (Phi) is 4.54. The zero-order valence-electron chi connectivity index (χ0n) is 12.5. The van der Waals surface area contributed by atoms with E-state index in [0.717, 1.165) is 5.56 Å². The predicted octanol–water partition coefficient (Wildman–Crippen LogP) is 1.49. The lowest BCUT2D eigenvalue weighted by atomic mass is 10.1. The molecule has 6 nitrogen and oxygen atoms in total. The van der Waals surface area contributed by atoms with Crippen molar-refractivity contribution in [2.24, 2.45) is 0 Å². The maximum atomic E-state index is 11.4. The maximum Gasteiger partial charge on any atom is 0.221 e. The number of methoxy groups -OCH3 is 1. The molecule has 1 unspecified atom stereocenters. The third-order valence-corrected chi connectivity index (χ3v) is 3.58. The summed E-state index contributed by atoms with van der Waals surface area (Å²) >= 11 is 0. The molecule has 0 radical (unpaired) electrons. The number of carbonyl (C=O) groups excluding carboxylic acids is 1. The van der Waals surface area contributed by atoms with Crippen LogP contribution in [0, 0.1) is 0 Å². The summed E-state index contributed by atoms with van der Waals surface area (Å²) in [6.45, 7) is 1.82. The highest BCUT2D eigenvalue weighted by molar-refractivity contribution is 5.75. The Balaban J connectivity index is 1.81. The fourth-order valence-corrected chi connectivity index (χ4v) is 2.59. The smallest absolute Gasteiger partial charge is 0.221 e. The van der Waals surface area contributed by atoms with Crippen LogP contribution in [0.15, 0.2) is 42.1 Å². The van der Waals surface area contributed by atoms with E-state index in [2.05, 4.69) is 5.32 Å². The Morgan fingerprint density at radius 3 is 2.73 bits per heavy atom. The molecule has 1 saturated heterocycles. The minimum absolute atomic E-state index is 0.159. The van der Waals surface area contributed by atoms with E-state index >= 15 is 0 Å². The second-order valence-electron chi connectivity index (χ2n) is 5.21. The highest BCUT2D eigenvalue weighted by Gasteiger charge is 2.40. The molecule has 1 aromatic rings. The molecule has 2 aliphatic heterocycles. The van der Waals surface area contributed by atoms with Gasteiger partial charge in [-0.1, -0.05) is 30.3 Å². The van der Waals surface area contributed by atoms with Crippen LogP contribution in [0.2, 0.25) is 0 Å². The van der Waals surface area contributed by atoms with Crippen LogP contribution in [0.25, 0.3) is 0 Å². The van der Waals surface area contributed by atoms with Crippen molar-refractivity contribution in [1.82, 2.24) is 5.32 Å². The number of hydrogen-bond acceptors (Lipinski definition) is 5. The van der Waals surface area contributed by atoms with Crippen LogP contribution < -0.4 is 5.32 Å². The summed E-state index contributed by atoms with van der Waals surface area (Å²) in [5.74, 6) is -0.159. The van der Waals surface area contributed by atoms with Crippen LogP contribution in [0.1, 0.15) is 18.8 Å². The number of ether oxygens (including phenoxy) is 4. The van der Waals surface area contributed by atoms with Crippen molar-refractivity contribution in [3.05, 3.63) is 47.7 Å². The molecule has 1 N–H and O–H groups in total. The monoisotopic (exact) mass is 305 g/mol. The third-order valence-electron chi connectivity index (χ3n) is 3.58.